The zero-order chi connectivity index (χ0) is 15.4. The molecule has 0 saturated carbocycles. The Kier molecular flexibility index (Phi) is 5.39. The SMILES string of the molecule is CCC1CCc2sc(C(=O)NC(CC)CC(=O)O)cc2C1. The van der Waals surface area contributed by atoms with Gasteiger partial charge in [0.2, 0.25) is 0 Å². The summed E-state index contributed by atoms with van der Waals surface area (Å²) in [6.07, 6.45) is 5.14. The lowest BCUT2D eigenvalue weighted by atomic mass is 9.87. The summed E-state index contributed by atoms with van der Waals surface area (Å²) in [5.74, 6) is -0.271. The van der Waals surface area contributed by atoms with E-state index in [4.69, 9.17) is 5.11 Å². The molecule has 2 atom stereocenters. The first-order valence-electron chi connectivity index (χ1n) is 7.67. The Labute approximate surface area is 129 Å². The van der Waals surface area contributed by atoms with Gasteiger partial charge in [-0.25, -0.2) is 0 Å². The van der Waals surface area contributed by atoms with Crippen molar-refractivity contribution in [3.8, 4) is 0 Å². The van der Waals surface area contributed by atoms with Crippen LogP contribution in [0.25, 0.3) is 0 Å². The smallest absolute Gasteiger partial charge is 0.305 e. The number of carbonyl (C=O) groups is 2. The minimum Gasteiger partial charge on any atom is -0.481 e. The number of aliphatic carboxylic acids is 1. The van der Waals surface area contributed by atoms with Crippen LogP contribution in [0.2, 0.25) is 0 Å². The fraction of sp³-hybridized carbons (Fsp3) is 0.625. The Bertz CT molecular complexity index is 524. The first-order valence-corrected chi connectivity index (χ1v) is 8.49. The maximum Gasteiger partial charge on any atom is 0.305 e. The van der Waals surface area contributed by atoms with Crippen LogP contribution >= 0.6 is 11.3 Å². The first kappa shape index (κ1) is 16.0. The molecule has 0 spiro atoms. The predicted molar refractivity (Wildman–Crippen MR) is 83.9 cm³/mol. The molecule has 116 valence electrons. The van der Waals surface area contributed by atoms with Crippen molar-refractivity contribution < 1.29 is 14.7 Å². The van der Waals surface area contributed by atoms with E-state index in [2.05, 4.69) is 12.2 Å². The van der Waals surface area contributed by atoms with E-state index < -0.39 is 5.97 Å². The van der Waals surface area contributed by atoms with Crippen molar-refractivity contribution in [3.63, 3.8) is 0 Å². The highest BCUT2D eigenvalue weighted by atomic mass is 32.1. The van der Waals surface area contributed by atoms with E-state index >= 15 is 0 Å². The molecular weight excluding hydrogens is 286 g/mol. The first-order chi connectivity index (χ1) is 10.0. The van der Waals surface area contributed by atoms with Gasteiger partial charge in [-0.05, 0) is 43.2 Å². The molecule has 0 saturated heterocycles. The lowest BCUT2D eigenvalue weighted by Crippen LogP contribution is -2.35. The Morgan fingerprint density at radius 1 is 1.48 bits per heavy atom. The minimum atomic E-state index is -0.876. The van der Waals surface area contributed by atoms with Crippen LogP contribution in [0, 0.1) is 5.92 Å². The van der Waals surface area contributed by atoms with Gasteiger partial charge in [0.05, 0.1) is 11.3 Å². The third kappa shape index (κ3) is 4.06. The molecule has 2 rings (SSSR count). The molecule has 1 heterocycles. The summed E-state index contributed by atoms with van der Waals surface area (Å²) in [6, 6.07) is 1.71. The number of carboxylic acids is 1. The molecule has 1 aliphatic rings. The van der Waals surface area contributed by atoms with E-state index in [1.54, 1.807) is 11.3 Å². The van der Waals surface area contributed by atoms with Crippen molar-refractivity contribution in [2.75, 3.05) is 0 Å². The number of carboxylic acid groups (broad SMARTS) is 1. The van der Waals surface area contributed by atoms with Crippen molar-refractivity contribution in [3.05, 3.63) is 21.4 Å². The normalized spacial score (nSPS) is 18.9. The number of nitrogens with one attached hydrogen (secondary N) is 1. The van der Waals surface area contributed by atoms with E-state index in [0.717, 1.165) is 23.6 Å². The minimum absolute atomic E-state index is 0.0226. The van der Waals surface area contributed by atoms with Crippen molar-refractivity contribution in [1.29, 1.82) is 0 Å². The number of carbonyl (C=O) groups excluding carboxylic acids is 1. The van der Waals surface area contributed by atoms with Gasteiger partial charge in [-0.2, -0.15) is 0 Å². The molecule has 5 heteroatoms. The number of thiophene rings is 1. The maximum absolute atomic E-state index is 12.3. The number of rotatable bonds is 6. The highest BCUT2D eigenvalue weighted by Gasteiger charge is 2.23. The Hall–Kier alpha value is -1.36. The molecule has 4 nitrogen and oxygen atoms in total. The third-order valence-electron chi connectivity index (χ3n) is 4.24. The predicted octanol–water partition coefficient (Wildman–Crippen LogP) is 3.25. The van der Waals surface area contributed by atoms with Crippen molar-refractivity contribution in [2.45, 2.75) is 58.4 Å². The Morgan fingerprint density at radius 2 is 2.24 bits per heavy atom. The second kappa shape index (κ2) is 7.07. The van der Waals surface area contributed by atoms with Crippen LogP contribution in [0.1, 0.15) is 59.6 Å². The van der Waals surface area contributed by atoms with Gasteiger partial charge >= 0.3 is 5.97 Å². The molecule has 1 aromatic rings. The quantitative estimate of drug-likeness (QED) is 0.847. The Balaban J connectivity index is 2.03. The fourth-order valence-electron chi connectivity index (χ4n) is 2.82. The summed E-state index contributed by atoms with van der Waals surface area (Å²) < 4.78 is 0. The molecule has 21 heavy (non-hydrogen) atoms. The van der Waals surface area contributed by atoms with E-state index in [1.807, 2.05) is 13.0 Å². The second-order valence-electron chi connectivity index (χ2n) is 5.75. The summed E-state index contributed by atoms with van der Waals surface area (Å²) >= 11 is 1.57. The zero-order valence-corrected chi connectivity index (χ0v) is 13.5. The van der Waals surface area contributed by atoms with E-state index in [1.165, 1.54) is 23.3 Å². The highest BCUT2D eigenvalue weighted by Crippen LogP contribution is 2.33. The Morgan fingerprint density at radius 3 is 2.86 bits per heavy atom. The van der Waals surface area contributed by atoms with Crippen molar-refractivity contribution >= 4 is 23.2 Å². The van der Waals surface area contributed by atoms with Crippen LogP contribution in [0.5, 0.6) is 0 Å². The summed E-state index contributed by atoms with van der Waals surface area (Å²) in [5.41, 5.74) is 1.31. The molecule has 1 aromatic heterocycles. The van der Waals surface area contributed by atoms with Gasteiger partial charge in [0.25, 0.3) is 5.91 Å². The molecule has 0 radical (unpaired) electrons. The van der Waals surface area contributed by atoms with Gasteiger partial charge in [-0.15, -0.1) is 11.3 Å². The molecule has 0 aliphatic heterocycles. The van der Waals surface area contributed by atoms with Gasteiger partial charge in [-0.3, -0.25) is 9.59 Å². The zero-order valence-electron chi connectivity index (χ0n) is 12.6. The molecule has 0 bridgehead atoms. The second-order valence-corrected chi connectivity index (χ2v) is 6.89. The van der Waals surface area contributed by atoms with Gasteiger partial charge in [0.1, 0.15) is 0 Å². The summed E-state index contributed by atoms with van der Waals surface area (Å²) in [4.78, 5) is 25.1. The van der Waals surface area contributed by atoms with Crippen LogP contribution in [0.4, 0.5) is 0 Å². The fourth-order valence-corrected chi connectivity index (χ4v) is 3.94. The molecule has 0 fully saturated rings. The number of aryl methyl sites for hydroxylation is 1. The monoisotopic (exact) mass is 309 g/mol. The van der Waals surface area contributed by atoms with Crippen molar-refractivity contribution in [1.82, 2.24) is 5.32 Å². The lowest BCUT2D eigenvalue weighted by molar-refractivity contribution is -0.137. The maximum atomic E-state index is 12.3. The number of hydrogen-bond acceptors (Lipinski definition) is 3. The average Bonchev–Trinajstić information content (AvgIpc) is 2.88. The van der Waals surface area contributed by atoms with Crippen LogP contribution in [-0.4, -0.2) is 23.0 Å². The molecule has 2 N–H and O–H groups in total. The number of hydrogen-bond donors (Lipinski definition) is 2. The van der Waals surface area contributed by atoms with Crippen molar-refractivity contribution in [2.24, 2.45) is 5.92 Å². The molecule has 1 aliphatic carbocycles. The molecular formula is C16H23NO3S. The van der Waals surface area contributed by atoms with Crippen LogP contribution < -0.4 is 5.32 Å². The summed E-state index contributed by atoms with van der Waals surface area (Å²) in [6.45, 7) is 4.10. The molecule has 0 aromatic carbocycles. The highest BCUT2D eigenvalue weighted by molar-refractivity contribution is 7.14. The van der Waals surface area contributed by atoms with Crippen LogP contribution in [0.3, 0.4) is 0 Å². The number of fused-ring (bicyclic) bond motifs is 1. The molecule has 2 unspecified atom stereocenters. The van der Waals surface area contributed by atoms with Gasteiger partial charge in [0.15, 0.2) is 0 Å². The average molecular weight is 309 g/mol. The van der Waals surface area contributed by atoms with E-state index in [-0.39, 0.29) is 18.4 Å². The number of amides is 1. The topological polar surface area (TPSA) is 66.4 Å². The third-order valence-corrected chi connectivity index (χ3v) is 5.47. The van der Waals surface area contributed by atoms with Gasteiger partial charge in [0, 0.05) is 10.9 Å². The van der Waals surface area contributed by atoms with Gasteiger partial charge < -0.3 is 10.4 Å². The largest absolute Gasteiger partial charge is 0.481 e. The van der Waals surface area contributed by atoms with E-state index in [9.17, 15) is 9.59 Å². The lowest BCUT2D eigenvalue weighted by Gasteiger charge is -2.19. The summed E-state index contributed by atoms with van der Waals surface area (Å²) in [7, 11) is 0. The summed E-state index contributed by atoms with van der Waals surface area (Å²) in [5, 5.41) is 11.7. The van der Waals surface area contributed by atoms with E-state index in [0.29, 0.717) is 6.42 Å². The standard InChI is InChI=1S/C16H23NO3S/c1-3-10-5-6-13-11(7-10)8-14(21-13)16(20)17-12(4-2)9-15(18)19/h8,10,12H,3-7,9H2,1-2H3,(H,17,20)(H,18,19). The molecule has 1 amide bonds. The van der Waals surface area contributed by atoms with Crippen LogP contribution in [0.15, 0.2) is 6.07 Å². The van der Waals surface area contributed by atoms with Crippen LogP contribution in [-0.2, 0) is 17.6 Å². The van der Waals surface area contributed by atoms with Gasteiger partial charge in [-0.1, -0.05) is 20.3 Å².